The Hall–Kier alpha value is -1.53. The molecular weight excluding hydrogens is 310 g/mol. The number of carbonyl (C=O) groups is 2. The Morgan fingerprint density at radius 1 is 1.17 bits per heavy atom. The van der Waals surface area contributed by atoms with E-state index in [0.717, 1.165) is 21.9 Å². The second-order valence-corrected chi connectivity index (χ2v) is 6.94. The lowest BCUT2D eigenvalue weighted by atomic mass is 10.1. The number of anilines is 1. The first-order valence-electron chi connectivity index (χ1n) is 7.93. The van der Waals surface area contributed by atoms with Crippen LogP contribution in [0.15, 0.2) is 29.2 Å². The van der Waals surface area contributed by atoms with Crippen molar-refractivity contribution in [1.29, 1.82) is 0 Å². The molecule has 0 aliphatic heterocycles. The molecule has 0 bridgehead atoms. The Kier molecular flexibility index (Phi) is 8.73. The number of rotatable bonds is 9. The summed E-state index contributed by atoms with van der Waals surface area (Å²) in [7, 11) is 1.85. The summed E-state index contributed by atoms with van der Waals surface area (Å²) >= 11 is 1.59. The molecule has 0 aliphatic carbocycles. The van der Waals surface area contributed by atoms with Gasteiger partial charge >= 0.3 is 0 Å². The number of thioether (sulfide) groups is 1. The van der Waals surface area contributed by atoms with Crippen LogP contribution in [0.3, 0.4) is 0 Å². The number of carbonyl (C=O) groups excluding carboxylic acids is 2. The van der Waals surface area contributed by atoms with E-state index in [1.54, 1.807) is 11.8 Å². The lowest BCUT2D eigenvalue weighted by molar-refractivity contribution is -0.862. The maximum atomic E-state index is 12.1. The van der Waals surface area contributed by atoms with E-state index < -0.39 is 0 Å². The van der Waals surface area contributed by atoms with Crippen LogP contribution in [0.2, 0.25) is 0 Å². The third kappa shape index (κ3) is 8.04. The molecule has 1 atom stereocenters. The molecule has 128 valence electrons. The van der Waals surface area contributed by atoms with Crippen molar-refractivity contribution in [1.82, 2.24) is 5.32 Å². The average Bonchev–Trinajstić information content (AvgIpc) is 2.46. The topological polar surface area (TPSA) is 62.6 Å². The second kappa shape index (κ2) is 10.3. The fraction of sp³-hybridized carbons (Fsp3) is 0.529. The lowest BCUT2D eigenvalue weighted by Crippen LogP contribution is -3.11. The van der Waals surface area contributed by atoms with Crippen molar-refractivity contribution in [3.63, 3.8) is 0 Å². The number of amides is 2. The van der Waals surface area contributed by atoms with Crippen LogP contribution in [0.4, 0.5) is 5.69 Å². The average molecular weight is 338 g/mol. The molecular formula is C17H28N3O2S+. The molecule has 23 heavy (non-hydrogen) atoms. The van der Waals surface area contributed by atoms with Crippen LogP contribution in [-0.4, -0.2) is 44.8 Å². The Morgan fingerprint density at radius 3 is 2.48 bits per heavy atom. The zero-order valence-electron chi connectivity index (χ0n) is 14.4. The zero-order chi connectivity index (χ0) is 17.2. The number of hydrogen-bond acceptors (Lipinski definition) is 3. The normalized spacial score (nSPS) is 12.0. The maximum absolute atomic E-state index is 12.1. The standard InChI is InChI=1S/C17H27N3O2S/c1-13(2)9-10-18-16(21)11-20(3)12-17(22)19-14-7-5-6-8-15(14)23-4/h5-8,13H,9-12H2,1-4H3,(H,18,21)(H,19,22)/p+1. The summed E-state index contributed by atoms with van der Waals surface area (Å²) in [6, 6.07) is 7.70. The first-order valence-corrected chi connectivity index (χ1v) is 9.15. The molecule has 1 rings (SSSR count). The number of para-hydroxylation sites is 1. The third-order valence-corrected chi connectivity index (χ3v) is 4.15. The van der Waals surface area contributed by atoms with Crippen LogP contribution in [0.25, 0.3) is 0 Å². The van der Waals surface area contributed by atoms with Gasteiger partial charge in [-0.05, 0) is 30.7 Å². The first kappa shape index (κ1) is 19.5. The summed E-state index contributed by atoms with van der Waals surface area (Å²) in [5.74, 6) is 0.474. The Labute approximate surface area is 143 Å². The molecule has 5 nitrogen and oxygen atoms in total. The van der Waals surface area contributed by atoms with E-state index in [-0.39, 0.29) is 18.4 Å². The Bertz CT molecular complexity index is 520. The summed E-state index contributed by atoms with van der Waals surface area (Å²) in [5.41, 5.74) is 0.819. The molecule has 0 spiro atoms. The van der Waals surface area contributed by atoms with Crippen LogP contribution < -0.4 is 15.5 Å². The molecule has 0 saturated heterocycles. The summed E-state index contributed by atoms with van der Waals surface area (Å²) < 4.78 is 0. The van der Waals surface area contributed by atoms with Crippen molar-refractivity contribution in [2.24, 2.45) is 5.92 Å². The summed E-state index contributed by atoms with van der Waals surface area (Å²) in [6.07, 6.45) is 2.95. The van der Waals surface area contributed by atoms with Gasteiger partial charge < -0.3 is 15.5 Å². The summed E-state index contributed by atoms with van der Waals surface area (Å²) in [6.45, 7) is 5.51. The number of benzene rings is 1. The number of hydrogen-bond donors (Lipinski definition) is 3. The van der Waals surface area contributed by atoms with Crippen LogP contribution in [0.1, 0.15) is 20.3 Å². The minimum Gasteiger partial charge on any atom is -0.351 e. The predicted octanol–water partition coefficient (Wildman–Crippen LogP) is 1.02. The van der Waals surface area contributed by atoms with Crippen molar-refractivity contribution in [2.75, 3.05) is 38.3 Å². The summed E-state index contributed by atoms with van der Waals surface area (Å²) in [4.78, 5) is 25.8. The number of nitrogens with one attached hydrogen (secondary N) is 3. The van der Waals surface area contributed by atoms with Gasteiger partial charge in [0.1, 0.15) is 0 Å². The van der Waals surface area contributed by atoms with Crippen molar-refractivity contribution in [3.8, 4) is 0 Å². The van der Waals surface area contributed by atoms with E-state index in [2.05, 4.69) is 24.5 Å². The smallest absolute Gasteiger partial charge is 0.279 e. The molecule has 0 saturated carbocycles. The molecule has 0 fully saturated rings. The van der Waals surface area contributed by atoms with Crippen molar-refractivity contribution < 1.29 is 14.5 Å². The van der Waals surface area contributed by atoms with Gasteiger partial charge in [0.15, 0.2) is 13.1 Å². The minimum absolute atomic E-state index is 0.0135. The first-order chi connectivity index (χ1) is 10.9. The Balaban J connectivity index is 2.37. The quantitative estimate of drug-likeness (QED) is 0.589. The van der Waals surface area contributed by atoms with Gasteiger partial charge in [-0.3, -0.25) is 9.59 Å². The molecule has 0 radical (unpaired) electrons. The van der Waals surface area contributed by atoms with E-state index in [1.165, 1.54) is 0 Å². The number of quaternary nitrogens is 1. The van der Waals surface area contributed by atoms with E-state index in [4.69, 9.17) is 0 Å². The molecule has 6 heteroatoms. The SMILES string of the molecule is CSc1ccccc1NC(=O)C[NH+](C)CC(=O)NCCC(C)C. The number of likely N-dealkylation sites (N-methyl/N-ethyl adjacent to an activating group) is 1. The van der Waals surface area contributed by atoms with Gasteiger partial charge in [-0.15, -0.1) is 11.8 Å². The minimum atomic E-state index is -0.0843. The van der Waals surface area contributed by atoms with Gasteiger partial charge in [-0.1, -0.05) is 26.0 Å². The van der Waals surface area contributed by atoms with Gasteiger partial charge in [0.2, 0.25) is 0 Å². The van der Waals surface area contributed by atoms with Crippen LogP contribution in [0.5, 0.6) is 0 Å². The summed E-state index contributed by atoms with van der Waals surface area (Å²) in [5, 5.41) is 5.80. The second-order valence-electron chi connectivity index (χ2n) is 6.09. The monoisotopic (exact) mass is 338 g/mol. The zero-order valence-corrected chi connectivity index (χ0v) is 15.3. The van der Waals surface area contributed by atoms with E-state index in [9.17, 15) is 9.59 Å². The molecule has 1 aromatic rings. The molecule has 2 amide bonds. The van der Waals surface area contributed by atoms with Crippen molar-refractivity contribution in [3.05, 3.63) is 24.3 Å². The molecule has 0 aromatic heterocycles. The Morgan fingerprint density at radius 2 is 1.83 bits per heavy atom. The fourth-order valence-electron chi connectivity index (χ4n) is 2.12. The fourth-order valence-corrected chi connectivity index (χ4v) is 2.67. The largest absolute Gasteiger partial charge is 0.351 e. The van der Waals surface area contributed by atoms with Crippen molar-refractivity contribution >= 4 is 29.3 Å². The third-order valence-electron chi connectivity index (χ3n) is 3.35. The van der Waals surface area contributed by atoms with Gasteiger partial charge in [0, 0.05) is 11.4 Å². The molecule has 3 N–H and O–H groups in total. The van der Waals surface area contributed by atoms with Crippen LogP contribution >= 0.6 is 11.8 Å². The maximum Gasteiger partial charge on any atom is 0.279 e. The van der Waals surface area contributed by atoms with E-state index in [1.807, 2.05) is 37.6 Å². The lowest BCUT2D eigenvalue weighted by Gasteiger charge is -2.15. The molecule has 0 heterocycles. The predicted molar refractivity (Wildman–Crippen MR) is 95.9 cm³/mol. The molecule has 1 unspecified atom stereocenters. The highest BCUT2D eigenvalue weighted by Gasteiger charge is 2.15. The highest BCUT2D eigenvalue weighted by Crippen LogP contribution is 2.24. The van der Waals surface area contributed by atoms with Crippen molar-refractivity contribution in [2.45, 2.75) is 25.2 Å². The van der Waals surface area contributed by atoms with E-state index >= 15 is 0 Å². The van der Waals surface area contributed by atoms with Gasteiger partial charge in [0.25, 0.3) is 11.8 Å². The molecule has 0 aliphatic rings. The van der Waals surface area contributed by atoms with Gasteiger partial charge in [0.05, 0.1) is 12.7 Å². The van der Waals surface area contributed by atoms with Gasteiger partial charge in [-0.2, -0.15) is 0 Å². The molecule has 1 aromatic carbocycles. The van der Waals surface area contributed by atoms with E-state index in [0.29, 0.717) is 19.0 Å². The van der Waals surface area contributed by atoms with Crippen LogP contribution in [0, 0.1) is 5.92 Å². The highest BCUT2D eigenvalue weighted by atomic mass is 32.2. The van der Waals surface area contributed by atoms with Crippen LogP contribution in [-0.2, 0) is 9.59 Å². The van der Waals surface area contributed by atoms with Gasteiger partial charge in [-0.25, -0.2) is 0 Å². The highest BCUT2D eigenvalue weighted by molar-refractivity contribution is 7.98.